The summed E-state index contributed by atoms with van der Waals surface area (Å²) in [5.41, 5.74) is 0.303. The number of ether oxygens (including phenoxy) is 1. The van der Waals surface area contributed by atoms with Crippen LogP contribution in [-0.4, -0.2) is 19.6 Å². The number of aryl methyl sites for hydroxylation is 1. The van der Waals surface area contributed by atoms with Gasteiger partial charge in [0, 0.05) is 25.5 Å². The van der Waals surface area contributed by atoms with Crippen molar-refractivity contribution in [2.75, 3.05) is 0 Å². The standard InChI is InChI=1S/C12H13N3O4/c1-14-5-4-13-12(14)8-19-11-3-2-9(7-16)6-10(11)15(17)18/h2-6,16H,7-8H2,1H3. The lowest BCUT2D eigenvalue weighted by molar-refractivity contribution is -0.386. The number of benzene rings is 1. The molecule has 0 spiro atoms. The molecule has 0 fully saturated rings. The van der Waals surface area contributed by atoms with Crippen molar-refractivity contribution in [1.29, 1.82) is 0 Å². The van der Waals surface area contributed by atoms with Crippen molar-refractivity contribution in [2.45, 2.75) is 13.2 Å². The normalized spacial score (nSPS) is 10.4. The predicted octanol–water partition coefficient (Wildman–Crippen LogP) is 1.40. The minimum atomic E-state index is -0.535. The Kier molecular flexibility index (Phi) is 3.76. The smallest absolute Gasteiger partial charge is 0.311 e. The van der Waals surface area contributed by atoms with E-state index in [1.165, 1.54) is 12.1 Å². The van der Waals surface area contributed by atoms with Gasteiger partial charge in [0.05, 0.1) is 11.5 Å². The van der Waals surface area contributed by atoms with E-state index in [1.807, 2.05) is 7.05 Å². The molecule has 7 heteroatoms. The second-order valence-electron chi connectivity index (χ2n) is 3.96. The first-order chi connectivity index (χ1) is 9.11. The molecule has 7 nitrogen and oxygen atoms in total. The maximum Gasteiger partial charge on any atom is 0.311 e. The number of aromatic nitrogens is 2. The summed E-state index contributed by atoms with van der Waals surface area (Å²) in [4.78, 5) is 14.5. The molecule has 1 aromatic heterocycles. The fourth-order valence-electron chi connectivity index (χ4n) is 1.60. The molecule has 0 radical (unpaired) electrons. The molecule has 100 valence electrons. The molecule has 2 aromatic rings. The molecule has 1 aromatic carbocycles. The first-order valence-electron chi connectivity index (χ1n) is 5.59. The maximum atomic E-state index is 10.9. The Morgan fingerprint density at radius 3 is 2.89 bits per heavy atom. The van der Waals surface area contributed by atoms with Gasteiger partial charge in [-0.1, -0.05) is 6.07 Å². The Labute approximate surface area is 109 Å². The third kappa shape index (κ3) is 2.89. The van der Waals surface area contributed by atoms with Crippen molar-refractivity contribution in [3.05, 3.63) is 52.1 Å². The molecule has 0 saturated heterocycles. The van der Waals surface area contributed by atoms with E-state index in [0.717, 1.165) is 0 Å². The first kappa shape index (κ1) is 13.0. The first-order valence-corrected chi connectivity index (χ1v) is 5.59. The molecule has 0 aliphatic rings. The second kappa shape index (κ2) is 5.49. The molecule has 0 bridgehead atoms. The number of nitro benzene ring substituents is 1. The number of aliphatic hydroxyl groups is 1. The molecule has 0 aliphatic carbocycles. The van der Waals surface area contributed by atoms with E-state index >= 15 is 0 Å². The SMILES string of the molecule is Cn1ccnc1COc1ccc(CO)cc1[N+](=O)[O-]. The molecule has 19 heavy (non-hydrogen) atoms. The number of imidazole rings is 1. The van der Waals surface area contributed by atoms with E-state index in [9.17, 15) is 10.1 Å². The van der Waals surface area contributed by atoms with Crippen LogP contribution in [0.4, 0.5) is 5.69 Å². The predicted molar refractivity (Wildman–Crippen MR) is 66.6 cm³/mol. The largest absolute Gasteiger partial charge is 0.479 e. The quantitative estimate of drug-likeness (QED) is 0.650. The Morgan fingerprint density at radius 2 is 2.32 bits per heavy atom. The van der Waals surface area contributed by atoms with Gasteiger partial charge in [0.1, 0.15) is 12.4 Å². The van der Waals surface area contributed by atoms with Crippen LogP contribution in [0.5, 0.6) is 5.75 Å². The van der Waals surface area contributed by atoms with Gasteiger partial charge in [-0.2, -0.15) is 0 Å². The van der Waals surface area contributed by atoms with Crippen LogP contribution in [0, 0.1) is 10.1 Å². The summed E-state index contributed by atoms with van der Waals surface area (Å²) in [7, 11) is 1.81. The monoisotopic (exact) mass is 263 g/mol. The zero-order valence-corrected chi connectivity index (χ0v) is 10.3. The number of aliphatic hydroxyl groups excluding tert-OH is 1. The van der Waals surface area contributed by atoms with E-state index in [-0.39, 0.29) is 24.7 Å². The minimum absolute atomic E-state index is 0.142. The van der Waals surface area contributed by atoms with Crippen LogP contribution < -0.4 is 4.74 Å². The number of nitro groups is 1. The zero-order valence-electron chi connectivity index (χ0n) is 10.3. The minimum Gasteiger partial charge on any atom is -0.479 e. The molecular weight excluding hydrogens is 250 g/mol. The zero-order chi connectivity index (χ0) is 13.8. The molecule has 1 heterocycles. The number of nitrogens with zero attached hydrogens (tertiary/aromatic N) is 3. The Balaban J connectivity index is 2.20. The highest BCUT2D eigenvalue weighted by atomic mass is 16.6. The van der Waals surface area contributed by atoms with Gasteiger partial charge >= 0.3 is 5.69 Å². The Hall–Kier alpha value is -2.41. The van der Waals surface area contributed by atoms with Gasteiger partial charge in [-0.25, -0.2) is 4.98 Å². The summed E-state index contributed by atoms with van der Waals surface area (Å²) in [6.45, 7) is -0.108. The topological polar surface area (TPSA) is 90.4 Å². The third-order valence-electron chi connectivity index (χ3n) is 2.68. The summed E-state index contributed by atoms with van der Waals surface area (Å²) in [6.07, 6.45) is 3.39. The fourth-order valence-corrected chi connectivity index (χ4v) is 1.60. The van der Waals surface area contributed by atoms with Crippen molar-refractivity contribution in [3.63, 3.8) is 0 Å². The van der Waals surface area contributed by atoms with Crippen LogP contribution in [0.3, 0.4) is 0 Å². The summed E-state index contributed by atoms with van der Waals surface area (Å²) in [5.74, 6) is 0.825. The molecule has 0 atom stereocenters. The average molecular weight is 263 g/mol. The van der Waals surface area contributed by atoms with Gasteiger partial charge in [0.25, 0.3) is 0 Å². The highest BCUT2D eigenvalue weighted by Gasteiger charge is 2.16. The van der Waals surface area contributed by atoms with Crippen molar-refractivity contribution < 1.29 is 14.8 Å². The molecule has 2 rings (SSSR count). The van der Waals surface area contributed by atoms with Gasteiger partial charge in [-0.15, -0.1) is 0 Å². The molecule has 1 N–H and O–H groups in total. The van der Waals surface area contributed by atoms with Gasteiger partial charge < -0.3 is 14.4 Å². The molecule has 0 saturated carbocycles. The summed E-state index contributed by atoms with van der Waals surface area (Å²) < 4.78 is 7.19. The van der Waals surface area contributed by atoms with Crippen LogP contribution in [0.1, 0.15) is 11.4 Å². The highest BCUT2D eigenvalue weighted by Crippen LogP contribution is 2.28. The molecule has 0 aliphatic heterocycles. The third-order valence-corrected chi connectivity index (χ3v) is 2.68. The number of hydrogen-bond acceptors (Lipinski definition) is 5. The average Bonchev–Trinajstić information content (AvgIpc) is 2.81. The van der Waals surface area contributed by atoms with E-state index in [1.54, 1.807) is 23.0 Å². The summed E-state index contributed by atoms with van der Waals surface area (Å²) >= 11 is 0. The van der Waals surface area contributed by atoms with Crippen molar-refractivity contribution in [3.8, 4) is 5.75 Å². The van der Waals surface area contributed by atoms with Crippen LogP contribution in [0.15, 0.2) is 30.6 Å². The Bertz CT molecular complexity index is 594. The van der Waals surface area contributed by atoms with E-state index in [4.69, 9.17) is 9.84 Å². The number of rotatable bonds is 5. The fraction of sp³-hybridized carbons (Fsp3) is 0.250. The van der Waals surface area contributed by atoms with Crippen LogP contribution >= 0.6 is 0 Å². The molecule has 0 unspecified atom stereocenters. The van der Waals surface area contributed by atoms with E-state index < -0.39 is 4.92 Å². The number of hydrogen-bond donors (Lipinski definition) is 1. The Morgan fingerprint density at radius 1 is 1.53 bits per heavy atom. The lowest BCUT2D eigenvalue weighted by Gasteiger charge is -2.07. The van der Waals surface area contributed by atoms with Crippen LogP contribution in [-0.2, 0) is 20.3 Å². The maximum absolute atomic E-state index is 10.9. The van der Waals surface area contributed by atoms with Gasteiger partial charge in [0.15, 0.2) is 5.75 Å². The van der Waals surface area contributed by atoms with Gasteiger partial charge in [0.2, 0.25) is 0 Å². The van der Waals surface area contributed by atoms with Crippen molar-refractivity contribution in [2.24, 2.45) is 7.05 Å². The second-order valence-corrected chi connectivity index (χ2v) is 3.96. The van der Waals surface area contributed by atoms with Crippen molar-refractivity contribution in [1.82, 2.24) is 9.55 Å². The van der Waals surface area contributed by atoms with Gasteiger partial charge in [-0.05, 0) is 11.6 Å². The summed E-state index contributed by atoms with van der Waals surface area (Å²) in [5, 5.41) is 19.9. The highest BCUT2D eigenvalue weighted by molar-refractivity contribution is 5.48. The van der Waals surface area contributed by atoms with Crippen LogP contribution in [0.2, 0.25) is 0 Å². The van der Waals surface area contributed by atoms with E-state index in [2.05, 4.69) is 4.98 Å². The lowest BCUT2D eigenvalue weighted by Crippen LogP contribution is -2.04. The van der Waals surface area contributed by atoms with Crippen LogP contribution in [0.25, 0.3) is 0 Å². The molecule has 0 amide bonds. The summed E-state index contributed by atoms with van der Waals surface area (Å²) in [6, 6.07) is 4.36. The van der Waals surface area contributed by atoms with E-state index in [0.29, 0.717) is 11.4 Å². The molecular formula is C12H13N3O4. The van der Waals surface area contributed by atoms with Gasteiger partial charge in [-0.3, -0.25) is 10.1 Å². The van der Waals surface area contributed by atoms with Crippen molar-refractivity contribution >= 4 is 5.69 Å². The lowest BCUT2D eigenvalue weighted by atomic mass is 10.2.